The minimum absolute atomic E-state index is 0.0348. The summed E-state index contributed by atoms with van der Waals surface area (Å²) < 4.78 is 55.9. The molecule has 3 N–H and O–H groups in total. The molecule has 9 nitrogen and oxygen atoms in total. The molecule has 4 rings (SSSR count). The van der Waals surface area contributed by atoms with Crippen LogP contribution in [0.1, 0.15) is 49.7 Å². The van der Waals surface area contributed by atoms with Gasteiger partial charge >= 0.3 is 0 Å². The third kappa shape index (κ3) is 6.36. The molecule has 0 unspecified atom stereocenters. The molecule has 204 valence electrons. The lowest BCUT2D eigenvalue weighted by Gasteiger charge is -2.30. The molecule has 2 amide bonds. The van der Waals surface area contributed by atoms with E-state index in [1.807, 2.05) is 0 Å². The molecule has 1 saturated carbocycles. The Hall–Kier alpha value is -3.38. The van der Waals surface area contributed by atoms with Crippen molar-refractivity contribution < 1.29 is 26.8 Å². The lowest BCUT2D eigenvalue weighted by molar-refractivity contribution is -0.125. The van der Waals surface area contributed by atoms with Gasteiger partial charge in [0, 0.05) is 18.5 Å². The van der Waals surface area contributed by atoms with Gasteiger partial charge in [-0.25, -0.2) is 21.9 Å². The first-order valence-corrected chi connectivity index (χ1v) is 13.9. The van der Waals surface area contributed by atoms with Gasteiger partial charge in [0.2, 0.25) is 15.9 Å². The van der Waals surface area contributed by atoms with Crippen LogP contribution in [0, 0.1) is 17.0 Å². The normalized spacial score (nSPS) is 14.9. The number of benzene rings is 2. The number of nitrogens with one attached hydrogen (secondary N) is 3. The van der Waals surface area contributed by atoms with Crippen molar-refractivity contribution in [2.24, 2.45) is 5.41 Å². The fraction of sp³-hybridized carbons (Fsp3) is 0.423. The van der Waals surface area contributed by atoms with Gasteiger partial charge in [-0.3, -0.25) is 14.3 Å². The van der Waals surface area contributed by atoms with E-state index in [1.165, 1.54) is 28.9 Å². The Morgan fingerprint density at radius 1 is 1.08 bits per heavy atom. The Morgan fingerprint density at radius 3 is 2.39 bits per heavy atom. The zero-order valence-corrected chi connectivity index (χ0v) is 22.2. The maximum atomic E-state index is 14.8. The third-order valence-corrected chi connectivity index (χ3v) is 8.23. The standard InChI is InChI=1S/C26H31F2N5O4S/c1-26(2,3)23(25(35)29-13-14-30-38(36,37)18-11-12-18)31-24(34)21-19-5-4-6-20(28)22(19)33(32-21)15-16-7-9-17(27)10-8-16/h4-10,18,23,30H,11-15H2,1-3H3,(H,29,35)(H,31,34)/t23-/m1/s1. The van der Waals surface area contributed by atoms with Crippen molar-refractivity contribution >= 4 is 32.7 Å². The van der Waals surface area contributed by atoms with Gasteiger partial charge < -0.3 is 10.6 Å². The van der Waals surface area contributed by atoms with Crippen molar-refractivity contribution in [2.45, 2.75) is 51.4 Å². The SMILES string of the molecule is CC(C)(C)[C@H](NC(=O)c1nn(Cc2ccc(F)cc2)c2c(F)cccc12)C(=O)NCCNS(=O)(=O)C1CC1. The van der Waals surface area contributed by atoms with Crippen LogP contribution >= 0.6 is 0 Å². The molecular weight excluding hydrogens is 516 g/mol. The predicted octanol–water partition coefficient (Wildman–Crippen LogP) is 2.71. The van der Waals surface area contributed by atoms with Crippen LogP contribution in [0.5, 0.6) is 0 Å². The molecule has 0 spiro atoms. The smallest absolute Gasteiger partial charge is 0.273 e. The van der Waals surface area contributed by atoms with Crippen molar-refractivity contribution in [3.05, 3.63) is 65.4 Å². The molecule has 1 aliphatic carbocycles. The molecule has 1 heterocycles. The Bertz CT molecular complexity index is 1440. The number of hydrogen-bond acceptors (Lipinski definition) is 5. The lowest BCUT2D eigenvalue weighted by atomic mass is 9.86. The summed E-state index contributed by atoms with van der Waals surface area (Å²) in [7, 11) is -3.37. The summed E-state index contributed by atoms with van der Waals surface area (Å²) in [6.07, 6.45) is 1.27. The van der Waals surface area contributed by atoms with Crippen molar-refractivity contribution in [3.63, 3.8) is 0 Å². The van der Waals surface area contributed by atoms with Crippen LogP contribution in [0.4, 0.5) is 8.78 Å². The van der Waals surface area contributed by atoms with Crippen molar-refractivity contribution in [3.8, 4) is 0 Å². The number of para-hydroxylation sites is 1. The number of fused-ring (bicyclic) bond motifs is 1. The van der Waals surface area contributed by atoms with Crippen LogP contribution in [0.25, 0.3) is 10.9 Å². The molecule has 1 aromatic heterocycles. The summed E-state index contributed by atoms with van der Waals surface area (Å²) >= 11 is 0. The topological polar surface area (TPSA) is 122 Å². The van der Waals surface area contributed by atoms with Gasteiger partial charge in [-0.05, 0) is 42.0 Å². The highest BCUT2D eigenvalue weighted by Gasteiger charge is 2.36. The Labute approximate surface area is 220 Å². The summed E-state index contributed by atoms with van der Waals surface area (Å²) in [4.78, 5) is 26.4. The highest BCUT2D eigenvalue weighted by atomic mass is 32.2. The number of hydrogen-bond donors (Lipinski definition) is 3. The van der Waals surface area contributed by atoms with E-state index in [0.29, 0.717) is 18.4 Å². The highest BCUT2D eigenvalue weighted by molar-refractivity contribution is 7.90. The molecule has 12 heteroatoms. The van der Waals surface area contributed by atoms with Crippen LogP contribution < -0.4 is 15.4 Å². The van der Waals surface area contributed by atoms with E-state index < -0.39 is 44.9 Å². The average Bonchev–Trinajstić information content (AvgIpc) is 3.64. The first kappa shape index (κ1) is 27.6. The number of aromatic nitrogens is 2. The van der Waals surface area contributed by atoms with Crippen LogP contribution in [0.2, 0.25) is 0 Å². The molecule has 1 atom stereocenters. The average molecular weight is 548 g/mol. The van der Waals surface area contributed by atoms with Crippen LogP contribution in [0.15, 0.2) is 42.5 Å². The summed E-state index contributed by atoms with van der Waals surface area (Å²) in [6.45, 7) is 5.51. The van der Waals surface area contributed by atoms with Crippen LogP contribution in [-0.4, -0.2) is 54.4 Å². The van der Waals surface area contributed by atoms with Crippen molar-refractivity contribution in [1.82, 2.24) is 25.1 Å². The summed E-state index contributed by atoms with van der Waals surface area (Å²) in [5.41, 5.74) is 0.0168. The zero-order valence-electron chi connectivity index (χ0n) is 21.4. The van der Waals surface area contributed by atoms with Crippen molar-refractivity contribution in [2.75, 3.05) is 13.1 Å². The second-order valence-electron chi connectivity index (χ2n) is 10.5. The fourth-order valence-electron chi connectivity index (χ4n) is 4.09. The Kier molecular flexibility index (Phi) is 7.84. The van der Waals surface area contributed by atoms with Gasteiger partial charge in [-0.1, -0.05) is 45.0 Å². The second-order valence-corrected chi connectivity index (χ2v) is 12.5. The van der Waals surface area contributed by atoms with Gasteiger partial charge in [0.15, 0.2) is 5.69 Å². The van der Waals surface area contributed by atoms with Crippen LogP contribution in [0.3, 0.4) is 0 Å². The number of nitrogens with zero attached hydrogens (tertiary/aromatic N) is 2. The van der Waals surface area contributed by atoms with E-state index in [1.54, 1.807) is 39.0 Å². The van der Waals surface area contributed by atoms with Crippen molar-refractivity contribution in [1.29, 1.82) is 0 Å². The summed E-state index contributed by atoms with van der Waals surface area (Å²) in [5, 5.41) is 9.65. The number of amides is 2. The molecule has 0 radical (unpaired) electrons. The van der Waals surface area contributed by atoms with Gasteiger partial charge in [0.1, 0.15) is 23.2 Å². The first-order chi connectivity index (χ1) is 17.9. The van der Waals surface area contributed by atoms with Gasteiger partial charge in [0.05, 0.1) is 11.8 Å². The maximum absolute atomic E-state index is 14.8. The third-order valence-electron chi connectivity index (χ3n) is 6.28. The predicted molar refractivity (Wildman–Crippen MR) is 139 cm³/mol. The monoisotopic (exact) mass is 547 g/mol. The van der Waals surface area contributed by atoms with Gasteiger partial charge in [-0.2, -0.15) is 5.10 Å². The van der Waals surface area contributed by atoms with E-state index in [2.05, 4.69) is 20.5 Å². The molecular formula is C26H31F2N5O4S. The Balaban J connectivity index is 1.51. The van der Waals surface area contributed by atoms with E-state index in [-0.39, 0.29) is 41.5 Å². The highest BCUT2D eigenvalue weighted by Crippen LogP contribution is 2.27. The molecule has 1 fully saturated rings. The number of carbonyl (C=O) groups excluding carboxylic acids is 2. The molecule has 2 aromatic carbocycles. The maximum Gasteiger partial charge on any atom is 0.273 e. The van der Waals surface area contributed by atoms with E-state index in [4.69, 9.17) is 0 Å². The largest absolute Gasteiger partial charge is 0.353 e. The first-order valence-electron chi connectivity index (χ1n) is 12.3. The minimum Gasteiger partial charge on any atom is -0.353 e. The summed E-state index contributed by atoms with van der Waals surface area (Å²) in [6, 6.07) is 8.98. The molecule has 1 aliphatic rings. The molecule has 0 saturated heterocycles. The molecule has 0 aliphatic heterocycles. The Morgan fingerprint density at radius 2 is 1.76 bits per heavy atom. The van der Waals surface area contributed by atoms with Gasteiger partial charge in [0.25, 0.3) is 5.91 Å². The lowest BCUT2D eigenvalue weighted by Crippen LogP contribution is -2.54. The summed E-state index contributed by atoms with van der Waals surface area (Å²) in [5.74, 6) is -2.13. The van der Waals surface area contributed by atoms with Gasteiger partial charge in [-0.15, -0.1) is 0 Å². The molecule has 3 aromatic rings. The zero-order chi connectivity index (χ0) is 27.7. The number of carbonyl (C=O) groups is 2. The fourth-order valence-corrected chi connectivity index (χ4v) is 5.47. The number of rotatable bonds is 10. The second kappa shape index (κ2) is 10.8. The quantitative estimate of drug-likeness (QED) is 0.337. The van der Waals surface area contributed by atoms with Crippen LogP contribution in [-0.2, 0) is 21.4 Å². The van der Waals surface area contributed by atoms with E-state index in [9.17, 15) is 26.8 Å². The van der Waals surface area contributed by atoms with E-state index >= 15 is 0 Å². The molecule has 38 heavy (non-hydrogen) atoms. The number of halogens is 2. The minimum atomic E-state index is -3.37. The van der Waals surface area contributed by atoms with E-state index in [0.717, 1.165) is 0 Å². The number of sulfonamides is 1. The molecule has 0 bridgehead atoms.